The summed E-state index contributed by atoms with van der Waals surface area (Å²) in [5.41, 5.74) is 0. The molecule has 0 unspecified atom stereocenters. The third-order valence-electron chi connectivity index (χ3n) is 1.76. The molecule has 0 saturated carbocycles. The Balaban J connectivity index is 0.000000148. The molecule has 0 aliphatic heterocycles. The average molecular weight is 447 g/mol. The molecule has 0 fully saturated rings. The molecule has 0 aromatic carbocycles. The summed E-state index contributed by atoms with van der Waals surface area (Å²) in [7, 11) is 0. The van der Waals surface area contributed by atoms with Crippen molar-refractivity contribution in [1.29, 1.82) is 0 Å². The van der Waals surface area contributed by atoms with Gasteiger partial charge in [0.2, 0.25) is 0 Å². The summed E-state index contributed by atoms with van der Waals surface area (Å²) in [5, 5.41) is 0. The molecule has 60 valence electrons. The Bertz CT molecular complexity index is 126. The topological polar surface area (TPSA) is 0 Å². The normalized spacial score (nSPS) is 32.6. The van der Waals surface area contributed by atoms with E-state index in [1.807, 2.05) is 0 Å². The second kappa shape index (κ2) is 4.90. The second-order valence-electron chi connectivity index (χ2n) is 2.38. The van der Waals surface area contributed by atoms with Gasteiger partial charge in [0.1, 0.15) is 0 Å². The fraction of sp³-hybridized carbons (Fsp3) is 0.429. The minimum absolute atomic E-state index is 0.208. The van der Waals surface area contributed by atoms with E-state index in [-0.39, 0.29) is 14.5 Å². The molecule has 2 rings (SSSR count). The predicted octanol–water partition coefficient (Wildman–Crippen LogP) is 3.44. The summed E-state index contributed by atoms with van der Waals surface area (Å²) >= 11 is 6.56. The van der Waals surface area contributed by atoms with E-state index in [0.29, 0.717) is 0 Å². The quantitative estimate of drug-likeness (QED) is 0.500. The van der Waals surface area contributed by atoms with Crippen molar-refractivity contribution in [2.24, 2.45) is 11.8 Å². The first-order valence-corrected chi connectivity index (χ1v) is 13.0. The molecule has 0 spiro atoms. The van der Waals surface area contributed by atoms with Crippen molar-refractivity contribution in [3.8, 4) is 0 Å². The molecule has 0 atom stereocenters. The van der Waals surface area contributed by atoms with Crippen molar-refractivity contribution in [3.63, 3.8) is 0 Å². The molecule has 0 aromatic rings. The van der Waals surface area contributed by atoms with Crippen molar-refractivity contribution in [2.75, 3.05) is 0 Å². The zero-order valence-corrected chi connectivity index (χ0v) is 10.7. The van der Waals surface area contributed by atoms with Crippen LogP contribution in [0.1, 0.15) is 6.42 Å². The Morgan fingerprint density at radius 3 is 1.40 bits per heavy atom. The van der Waals surface area contributed by atoms with Crippen LogP contribution in [0.5, 0.6) is 0 Å². The molecule has 0 aromatic heterocycles. The Morgan fingerprint density at radius 1 is 1.00 bits per heavy atom. The zero-order valence-electron chi connectivity index (χ0n) is 5.24. The van der Waals surface area contributed by atoms with Crippen LogP contribution in [0, 0.1) is 11.8 Å². The monoisotopic (exact) mass is 445 g/mol. The summed E-state index contributed by atoms with van der Waals surface area (Å²) in [6.07, 6.45) is 10.5. The van der Waals surface area contributed by atoms with Gasteiger partial charge in [0.15, 0.2) is 0 Å². The van der Waals surface area contributed by atoms with Crippen LogP contribution in [0.3, 0.4) is 0 Å². The van der Waals surface area contributed by atoms with Crippen molar-refractivity contribution < 1.29 is 14.5 Å². The van der Waals surface area contributed by atoms with Gasteiger partial charge < -0.3 is 0 Å². The third kappa shape index (κ3) is 2.64. The summed E-state index contributed by atoms with van der Waals surface area (Å²) < 4.78 is 0. The van der Waals surface area contributed by atoms with Crippen LogP contribution < -0.4 is 0 Å². The maximum atomic E-state index is 3.17. The summed E-state index contributed by atoms with van der Waals surface area (Å²) in [6.45, 7) is 0. The van der Waals surface area contributed by atoms with E-state index in [2.05, 4.69) is 50.9 Å². The van der Waals surface area contributed by atoms with Gasteiger partial charge in [0, 0.05) is 0 Å². The van der Waals surface area contributed by atoms with Crippen LogP contribution in [0.2, 0.25) is 0 Å². The van der Waals surface area contributed by atoms with Crippen LogP contribution >= 0.6 is 26.6 Å². The molecular weight excluding hydrogens is 439 g/mol. The van der Waals surface area contributed by atoms with E-state index in [1.165, 1.54) is 6.42 Å². The van der Waals surface area contributed by atoms with E-state index in [0.717, 1.165) is 11.8 Å². The summed E-state index contributed by atoms with van der Waals surface area (Å²) in [4.78, 5) is 0. The van der Waals surface area contributed by atoms with Gasteiger partial charge in [0.05, 0.1) is 0 Å². The number of halogens is 2. The van der Waals surface area contributed by atoms with Crippen molar-refractivity contribution in [3.05, 3.63) is 24.3 Å². The van der Waals surface area contributed by atoms with Crippen LogP contribution in [0.4, 0.5) is 0 Å². The molecule has 0 nitrogen and oxygen atoms in total. The van der Waals surface area contributed by atoms with Gasteiger partial charge in [-0.2, -0.15) is 0 Å². The predicted molar refractivity (Wildman–Crippen MR) is 47.7 cm³/mol. The molecule has 0 heterocycles. The van der Waals surface area contributed by atoms with Crippen molar-refractivity contribution in [2.45, 2.75) is 6.42 Å². The van der Waals surface area contributed by atoms with E-state index in [9.17, 15) is 0 Å². The third-order valence-corrected chi connectivity index (χ3v) is 1.76. The summed E-state index contributed by atoms with van der Waals surface area (Å²) in [5.74, 6) is 1.62. The molecule has 0 amide bonds. The van der Waals surface area contributed by atoms with Gasteiger partial charge in [-0.25, -0.2) is 0 Å². The molecular formula is C7H8Br2Pt. The van der Waals surface area contributed by atoms with Gasteiger partial charge in [0.25, 0.3) is 0 Å². The number of rotatable bonds is 0. The minimum atomic E-state index is 0.208. The Labute approximate surface area is 83.0 Å². The van der Waals surface area contributed by atoms with Crippen molar-refractivity contribution in [1.82, 2.24) is 0 Å². The SMILES string of the molecule is C1=CC2C=CC1C2.[Br][Pt][Br]. The van der Waals surface area contributed by atoms with Gasteiger partial charge >= 0.3 is 41.0 Å². The van der Waals surface area contributed by atoms with Crippen LogP contribution in [0.15, 0.2) is 24.3 Å². The van der Waals surface area contributed by atoms with E-state index in [4.69, 9.17) is 0 Å². The molecule has 3 heteroatoms. The fourth-order valence-electron chi connectivity index (χ4n) is 1.33. The molecule has 10 heavy (non-hydrogen) atoms. The fourth-order valence-corrected chi connectivity index (χ4v) is 1.33. The molecule has 0 N–H and O–H groups in total. The summed E-state index contributed by atoms with van der Waals surface area (Å²) in [6, 6.07) is 0. The average Bonchev–Trinajstić information content (AvgIpc) is 2.49. The molecule has 2 aliphatic carbocycles. The Kier molecular flexibility index (Phi) is 4.51. The van der Waals surface area contributed by atoms with Gasteiger partial charge in [-0.1, -0.05) is 24.3 Å². The molecule has 0 radical (unpaired) electrons. The number of hydrogen-bond acceptors (Lipinski definition) is 0. The first-order valence-electron chi connectivity index (χ1n) is 3.06. The van der Waals surface area contributed by atoms with Gasteiger partial charge in [-0.15, -0.1) is 0 Å². The van der Waals surface area contributed by atoms with Crippen LogP contribution in [0.25, 0.3) is 0 Å². The van der Waals surface area contributed by atoms with E-state index < -0.39 is 0 Å². The zero-order chi connectivity index (χ0) is 7.40. The number of allylic oxidation sites excluding steroid dienone is 4. The Hall–Kier alpha value is 1.13. The number of hydrogen-bond donors (Lipinski definition) is 0. The van der Waals surface area contributed by atoms with E-state index in [1.54, 1.807) is 0 Å². The first-order chi connectivity index (χ1) is 4.86. The first kappa shape index (κ1) is 9.22. The molecule has 2 bridgehead atoms. The van der Waals surface area contributed by atoms with E-state index >= 15 is 0 Å². The molecule has 0 saturated heterocycles. The second-order valence-corrected chi connectivity index (χ2v) is 12.3. The van der Waals surface area contributed by atoms with Gasteiger partial charge in [-0.3, -0.25) is 0 Å². The standard InChI is InChI=1S/C7H8.2BrH.Pt/c1-2-7-4-3-6(1)5-7;;;/h1-4,6-7H,5H2;2*1H;/q;;;+2/p-2. The van der Waals surface area contributed by atoms with Crippen LogP contribution in [-0.2, 0) is 14.5 Å². The Morgan fingerprint density at radius 2 is 1.30 bits per heavy atom. The molecule has 2 aliphatic rings. The maximum absolute atomic E-state index is 3.17. The van der Waals surface area contributed by atoms with Crippen LogP contribution in [-0.4, -0.2) is 0 Å². The van der Waals surface area contributed by atoms with Crippen molar-refractivity contribution >= 4 is 26.6 Å². The number of fused-ring (bicyclic) bond motifs is 2. The van der Waals surface area contributed by atoms with Gasteiger partial charge in [-0.05, 0) is 18.3 Å².